The number of aliphatic hydroxyl groups excluding tert-OH is 1. The average Bonchev–Trinajstić information content (AvgIpc) is 2.35. The highest BCUT2D eigenvalue weighted by Crippen LogP contribution is 2.15. The lowest BCUT2D eigenvalue weighted by atomic mass is 10.0. The molecule has 3 heteroatoms. The number of rotatable bonds is 6. The van der Waals surface area contributed by atoms with Crippen LogP contribution in [-0.2, 0) is 0 Å². The van der Waals surface area contributed by atoms with Gasteiger partial charge in [0.15, 0.2) is 5.78 Å². The van der Waals surface area contributed by atoms with Gasteiger partial charge in [-0.3, -0.25) is 4.79 Å². The fraction of sp³-hybridized carbons (Fsp3) is 0.462. The van der Waals surface area contributed by atoms with E-state index >= 15 is 0 Å². The summed E-state index contributed by atoms with van der Waals surface area (Å²) in [6.07, 6.45) is 1.50. The molecule has 0 aliphatic heterocycles. The Morgan fingerprint density at radius 3 is 2.56 bits per heavy atom. The van der Waals surface area contributed by atoms with Crippen molar-refractivity contribution in [1.29, 1.82) is 0 Å². The highest BCUT2D eigenvalue weighted by atomic mass is 35.5. The highest BCUT2D eigenvalue weighted by molar-refractivity contribution is 6.23. The van der Waals surface area contributed by atoms with Crippen molar-refractivity contribution in [2.24, 2.45) is 0 Å². The third-order valence-corrected chi connectivity index (χ3v) is 2.96. The topological polar surface area (TPSA) is 37.3 Å². The van der Waals surface area contributed by atoms with Crippen molar-refractivity contribution in [2.45, 2.75) is 37.7 Å². The van der Waals surface area contributed by atoms with Crippen molar-refractivity contribution in [1.82, 2.24) is 0 Å². The number of aliphatic hydroxyl groups is 1. The summed E-state index contributed by atoms with van der Waals surface area (Å²) in [6, 6.07) is 8.76. The Bertz CT molecular complexity index is 324. The number of benzene rings is 1. The first-order valence-electron chi connectivity index (χ1n) is 5.58. The number of halogens is 1. The smallest absolute Gasteiger partial charge is 0.192 e. The summed E-state index contributed by atoms with van der Waals surface area (Å²) in [6.45, 7) is 2.05. The standard InChI is InChI=1S/C13H17ClO2/c1-2-3-9-11(14)13(16)12(15)10-7-5-4-6-8-10/h4-8,11,13,16H,2-3,9H2,1H3. The molecule has 16 heavy (non-hydrogen) atoms. The van der Waals surface area contributed by atoms with E-state index in [4.69, 9.17) is 11.6 Å². The summed E-state index contributed by atoms with van der Waals surface area (Å²) in [5.74, 6) is -0.295. The van der Waals surface area contributed by atoms with Crippen LogP contribution in [0.25, 0.3) is 0 Å². The molecule has 0 amide bonds. The number of carbonyl (C=O) groups excluding carboxylic acids is 1. The van der Waals surface area contributed by atoms with Crippen molar-refractivity contribution >= 4 is 17.4 Å². The molecule has 0 saturated carbocycles. The molecule has 0 aliphatic carbocycles. The van der Waals surface area contributed by atoms with E-state index in [9.17, 15) is 9.90 Å². The van der Waals surface area contributed by atoms with Crippen molar-refractivity contribution in [3.8, 4) is 0 Å². The predicted octanol–water partition coefficient (Wildman–Crippen LogP) is 3.03. The van der Waals surface area contributed by atoms with Gasteiger partial charge in [0.05, 0.1) is 5.38 Å². The molecule has 0 aliphatic rings. The number of carbonyl (C=O) groups is 1. The summed E-state index contributed by atoms with van der Waals surface area (Å²) in [4.78, 5) is 11.8. The Morgan fingerprint density at radius 1 is 1.38 bits per heavy atom. The zero-order valence-corrected chi connectivity index (χ0v) is 10.2. The molecule has 0 aromatic heterocycles. The summed E-state index contributed by atoms with van der Waals surface area (Å²) >= 11 is 5.98. The van der Waals surface area contributed by atoms with Gasteiger partial charge in [0.1, 0.15) is 6.10 Å². The molecule has 0 spiro atoms. The van der Waals surface area contributed by atoms with Gasteiger partial charge in [-0.05, 0) is 6.42 Å². The lowest BCUT2D eigenvalue weighted by Gasteiger charge is -2.15. The van der Waals surface area contributed by atoms with Crippen molar-refractivity contribution in [3.63, 3.8) is 0 Å². The SMILES string of the molecule is CCCCC(Cl)C(O)C(=O)c1ccccc1. The molecule has 2 atom stereocenters. The molecule has 1 rings (SSSR count). The Kier molecular flexibility index (Phi) is 5.50. The minimum atomic E-state index is -1.10. The molecule has 88 valence electrons. The highest BCUT2D eigenvalue weighted by Gasteiger charge is 2.24. The monoisotopic (exact) mass is 240 g/mol. The predicted molar refractivity (Wildman–Crippen MR) is 65.9 cm³/mol. The van der Waals surface area contributed by atoms with Crippen LogP contribution in [0.3, 0.4) is 0 Å². The maximum Gasteiger partial charge on any atom is 0.192 e. The molecule has 0 fully saturated rings. The van der Waals surface area contributed by atoms with Crippen molar-refractivity contribution < 1.29 is 9.90 Å². The normalized spacial score (nSPS) is 14.4. The van der Waals surface area contributed by atoms with Gasteiger partial charge in [0.2, 0.25) is 0 Å². The van der Waals surface area contributed by atoms with Crippen LogP contribution in [0.5, 0.6) is 0 Å². The van der Waals surface area contributed by atoms with Gasteiger partial charge in [-0.15, -0.1) is 11.6 Å². The zero-order valence-electron chi connectivity index (χ0n) is 9.40. The van der Waals surface area contributed by atoms with Crippen LogP contribution in [-0.4, -0.2) is 22.4 Å². The molecule has 2 nitrogen and oxygen atoms in total. The largest absolute Gasteiger partial charge is 0.383 e. The number of alkyl halides is 1. The second-order valence-corrected chi connectivity index (χ2v) is 4.39. The summed E-state index contributed by atoms with van der Waals surface area (Å²) in [5.41, 5.74) is 0.511. The molecule has 0 bridgehead atoms. The average molecular weight is 241 g/mol. The van der Waals surface area contributed by atoms with Gasteiger partial charge in [-0.1, -0.05) is 50.1 Å². The first-order chi connectivity index (χ1) is 7.66. The first kappa shape index (κ1) is 13.2. The number of hydrogen-bond donors (Lipinski definition) is 1. The van der Waals surface area contributed by atoms with E-state index in [-0.39, 0.29) is 5.78 Å². The molecule has 2 unspecified atom stereocenters. The van der Waals surface area contributed by atoms with Crippen LogP contribution in [0.15, 0.2) is 30.3 Å². The van der Waals surface area contributed by atoms with Gasteiger partial charge in [0.25, 0.3) is 0 Å². The zero-order chi connectivity index (χ0) is 12.0. The van der Waals surface area contributed by atoms with Crippen LogP contribution >= 0.6 is 11.6 Å². The van der Waals surface area contributed by atoms with E-state index in [0.29, 0.717) is 12.0 Å². The van der Waals surface area contributed by atoms with Crippen LogP contribution in [0.4, 0.5) is 0 Å². The molecule has 0 radical (unpaired) electrons. The van der Waals surface area contributed by atoms with Gasteiger partial charge in [-0.25, -0.2) is 0 Å². The van der Waals surface area contributed by atoms with E-state index in [0.717, 1.165) is 12.8 Å². The van der Waals surface area contributed by atoms with E-state index in [1.54, 1.807) is 24.3 Å². The fourth-order valence-electron chi connectivity index (χ4n) is 1.49. The van der Waals surface area contributed by atoms with Crippen molar-refractivity contribution in [2.75, 3.05) is 0 Å². The molecular formula is C13H17ClO2. The second-order valence-electron chi connectivity index (χ2n) is 3.83. The first-order valence-corrected chi connectivity index (χ1v) is 6.02. The molecule has 0 saturated heterocycles. The molecule has 1 aromatic rings. The molecule has 1 N–H and O–H groups in total. The minimum absolute atomic E-state index is 0.295. The Hall–Kier alpha value is -0.860. The maximum absolute atomic E-state index is 11.8. The number of unbranched alkanes of at least 4 members (excludes halogenated alkanes) is 1. The van der Waals surface area contributed by atoms with Crippen molar-refractivity contribution in [3.05, 3.63) is 35.9 Å². The van der Waals surface area contributed by atoms with E-state index in [2.05, 4.69) is 6.92 Å². The van der Waals surface area contributed by atoms with E-state index < -0.39 is 11.5 Å². The summed E-state index contributed by atoms with van der Waals surface area (Å²) in [5, 5.41) is 9.29. The van der Waals surface area contributed by atoms with Gasteiger partial charge < -0.3 is 5.11 Å². The second kappa shape index (κ2) is 6.66. The maximum atomic E-state index is 11.8. The summed E-state index contributed by atoms with van der Waals surface area (Å²) < 4.78 is 0. The lowest BCUT2D eigenvalue weighted by molar-refractivity contribution is 0.0733. The van der Waals surface area contributed by atoms with Crippen LogP contribution in [0.1, 0.15) is 36.5 Å². The van der Waals surface area contributed by atoms with Gasteiger partial charge in [-0.2, -0.15) is 0 Å². The Morgan fingerprint density at radius 2 is 2.00 bits per heavy atom. The quantitative estimate of drug-likeness (QED) is 0.613. The molecular weight excluding hydrogens is 224 g/mol. The fourth-order valence-corrected chi connectivity index (χ4v) is 1.76. The summed E-state index contributed by atoms with van der Waals surface area (Å²) in [7, 11) is 0. The Balaban J connectivity index is 2.60. The lowest BCUT2D eigenvalue weighted by Crippen LogP contribution is -2.30. The number of Topliss-reactive ketones (excluding diaryl/α,β-unsaturated/α-hetero) is 1. The number of ketones is 1. The number of hydrogen-bond acceptors (Lipinski definition) is 2. The molecule has 0 heterocycles. The molecule has 1 aromatic carbocycles. The third-order valence-electron chi connectivity index (χ3n) is 2.50. The van der Waals surface area contributed by atoms with Crippen LogP contribution < -0.4 is 0 Å². The minimum Gasteiger partial charge on any atom is -0.383 e. The van der Waals surface area contributed by atoms with Gasteiger partial charge in [0, 0.05) is 5.56 Å². The van der Waals surface area contributed by atoms with E-state index in [1.165, 1.54) is 0 Å². The Labute approximate surface area is 101 Å². The van der Waals surface area contributed by atoms with Crippen LogP contribution in [0.2, 0.25) is 0 Å². The third kappa shape index (κ3) is 3.62. The van der Waals surface area contributed by atoms with E-state index in [1.807, 2.05) is 6.07 Å². The van der Waals surface area contributed by atoms with Gasteiger partial charge >= 0.3 is 0 Å². The van der Waals surface area contributed by atoms with Crippen LogP contribution in [0, 0.1) is 0 Å².